The van der Waals surface area contributed by atoms with Gasteiger partial charge in [0.25, 0.3) is 0 Å². The van der Waals surface area contributed by atoms with Gasteiger partial charge in [-0.15, -0.1) is 11.3 Å². The summed E-state index contributed by atoms with van der Waals surface area (Å²) in [5, 5.41) is 9.43. The van der Waals surface area contributed by atoms with Crippen LogP contribution >= 0.6 is 11.3 Å². The Labute approximate surface area is 417 Å². The highest BCUT2D eigenvalue weighted by Gasteiger charge is 2.42. The van der Waals surface area contributed by atoms with Crippen molar-refractivity contribution in [2.75, 3.05) is 10.2 Å². The van der Waals surface area contributed by atoms with Gasteiger partial charge in [-0.05, 0) is 187 Å². The van der Waals surface area contributed by atoms with Crippen molar-refractivity contribution in [3.8, 4) is 11.1 Å². The molecule has 8 aromatic rings. The van der Waals surface area contributed by atoms with E-state index in [0.29, 0.717) is 0 Å². The summed E-state index contributed by atoms with van der Waals surface area (Å²) in [6.07, 6.45) is 7.08. The summed E-state index contributed by atoms with van der Waals surface area (Å²) in [4.78, 5) is 2.71. The van der Waals surface area contributed by atoms with Crippen molar-refractivity contribution in [2.24, 2.45) is 0 Å². The van der Waals surface area contributed by atoms with Crippen LogP contribution in [0, 0.1) is 6.92 Å². The summed E-state index contributed by atoms with van der Waals surface area (Å²) in [6.45, 7) is 31.9. The molecule has 12 rings (SSSR count). The van der Waals surface area contributed by atoms with Gasteiger partial charge in [-0.2, -0.15) is 0 Å². The van der Waals surface area contributed by atoms with Crippen LogP contribution in [0.2, 0.25) is 0 Å². The van der Waals surface area contributed by atoms with Gasteiger partial charge in [0.2, 0.25) is 0 Å². The van der Waals surface area contributed by atoms with Crippen LogP contribution in [-0.2, 0) is 32.5 Å². The van der Waals surface area contributed by atoms with Crippen LogP contribution in [0.15, 0.2) is 109 Å². The molecule has 2 heterocycles. The number of thiophene rings is 1. The summed E-state index contributed by atoms with van der Waals surface area (Å²) >= 11 is 1.92. The second-order valence-corrected chi connectivity index (χ2v) is 26.8. The van der Waals surface area contributed by atoms with Gasteiger partial charge >= 0.3 is 0 Å². The summed E-state index contributed by atoms with van der Waals surface area (Å²) in [6, 6.07) is 43.3. The molecule has 4 aliphatic rings. The Hall–Kier alpha value is -5.32. The number of hydrogen-bond acceptors (Lipinski definition) is 3. The molecule has 69 heavy (non-hydrogen) atoms. The molecule has 349 valence electrons. The number of fused-ring (bicyclic) bond motifs is 10. The molecule has 0 bridgehead atoms. The maximum Gasteiger partial charge on any atom is 0.197 e. The predicted molar refractivity (Wildman–Crippen MR) is 302 cm³/mol. The highest BCUT2D eigenvalue weighted by atomic mass is 32.1. The van der Waals surface area contributed by atoms with Gasteiger partial charge in [0, 0.05) is 54.2 Å². The lowest BCUT2D eigenvalue weighted by atomic mass is 9.56. The largest absolute Gasteiger partial charge is 0.355 e. The molecule has 1 radical (unpaired) electrons. The smallest absolute Gasteiger partial charge is 0.197 e. The molecule has 1 N–H and O–H groups in total. The minimum atomic E-state index is 0.0268. The monoisotopic (exact) mass is 922 g/mol. The topological polar surface area (TPSA) is 15.3 Å². The molecule has 2 nitrogen and oxygen atoms in total. The fourth-order valence-corrected chi connectivity index (χ4v) is 14.5. The zero-order valence-corrected chi connectivity index (χ0v) is 44.4. The lowest BCUT2D eigenvalue weighted by Gasteiger charge is -2.44. The molecule has 0 saturated heterocycles. The van der Waals surface area contributed by atoms with Crippen molar-refractivity contribution in [3.63, 3.8) is 0 Å². The van der Waals surface area contributed by atoms with Crippen molar-refractivity contribution in [3.05, 3.63) is 148 Å². The normalized spacial score (nSPS) is 19.8. The number of nitrogens with zero attached hydrogens (tertiary/aromatic N) is 1. The maximum absolute atomic E-state index is 4.21. The van der Waals surface area contributed by atoms with Gasteiger partial charge in [0.1, 0.15) is 0 Å². The summed E-state index contributed by atoms with van der Waals surface area (Å²) in [5.74, 6) is 0. The summed E-state index contributed by atoms with van der Waals surface area (Å²) in [5.41, 5.74) is 22.0. The van der Waals surface area contributed by atoms with Gasteiger partial charge < -0.3 is 10.2 Å². The Morgan fingerprint density at radius 1 is 0.493 bits per heavy atom. The van der Waals surface area contributed by atoms with Gasteiger partial charge in [0.05, 0.1) is 0 Å². The first kappa shape index (κ1) is 44.9. The molecular formula is C65H70BN2S. The molecule has 0 fully saturated rings. The number of anilines is 5. The van der Waals surface area contributed by atoms with E-state index in [1.165, 1.54) is 146 Å². The number of nitrogens with one attached hydrogen (secondary N) is 1. The fraction of sp³-hybridized carbons (Fsp3) is 0.385. The highest BCUT2D eigenvalue weighted by Crippen LogP contribution is 2.55. The third kappa shape index (κ3) is 6.84. The number of aryl methyl sites for hydroxylation is 1. The number of hydrogen-bond donors (Lipinski definition) is 1. The maximum atomic E-state index is 4.21. The molecule has 0 saturated carbocycles. The van der Waals surface area contributed by atoms with Crippen molar-refractivity contribution in [1.82, 2.24) is 0 Å². The summed E-state index contributed by atoms with van der Waals surface area (Å²) in [7, 11) is 2.55. The highest BCUT2D eigenvalue weighted by molar-refractivity contribution is 7.26. The molecule has 0 spiro atoms. The van der Waals surface area contributed by atoms with Crippen LogP contribution in [0.4, 0.5) is 28.4 Å². The van der Waals surface area contributed by atoms with Gasteiger partial charge in [-0.25, -0.2) is 0 Å². The molecule has 7 aromatic carbocycles. The molecular weight excluding hydrogens is 852 g/mol. The first-order valence-corrected chi connectivity index (χ1v) is 26.8. The van der Waals surface area contributed by atoms with Crippen LogP contribution in [0.3, 0.4) is 0 Å². The zero-order chi connectivity index (χ0) is 48.4. The van der Waals surface area contributed by atoms with Crippen molar-refractivity contribution >= 4 is 88.9 Å². The molecule has 1 aliphatic heterocycles. The van der Waals surface area contributed by atoms with Crippen LogP contribution in [0.5, 0.6) is 0 Å². The second-order valence-electron chi connectivity index (χ2n) is 25.7. The lowest BCUT2D eigenvalue weighted by molar-refractivity contribution is 0.332. The Bertz CT molecular complexity index is 3480. The van der Waals surface area contributed by atoms with E-state index in [-0.39, 0.29) is 32.5 Å². The van der Waals surface area contributed by atoms with Crippen molar-refractivity contribution in [1.29, 1.82) is 0 Å². The Kier molecular flexibility index (Phi) is 9.66. The second kappa shape index (κ2) is 14.9. The lowest BCUT2D eigenvalue weighted by Crippen LogP contribution is -2.42. The van der Waals surface area contributed by atoms with Crippen molar-refractivity contribution < 1.29 is 0 Å². The van der Waals surface area contributed by atoms with E-state index in [2.05, 4.69) is 217 Å². The predicted octanol–water partition coefficient (Wildman–Crippen LogP) is 17.4. The number of benzene rings is 7. The van der Waals surface area contributed by atoms with Gasteiger partial charge in [-0.3, -0.25) is 0 Å². The molecule has 0 unspecified atom stereocenters. The number of rotatable bonds is 4. The van der Waals surface area contributed by atoms with Crippen LogP contribution < -0.4 is 21.1 Å². The molecule has 0 amide bonds. The van der Waals surface area contributed by atoms with E-state index in [4.69, 9.17) is 0 Å². The average molecular weight is 922 g/mol. The zero-order valence-electron chi connectivity index (χ0n) is 43.6. The SMILES string of the molecule is Cc1cc2c(cc1N1c3cc4ccccc4c(-c4cc5c(cc4Nc4ccc6c(c4)C(C)(C)CCC6(C)C)C(C)(C)CCC5(C)C)c3[B]c3ccc4sc5ccccc5c4c31)C(C)(C)CCC2(C)C. The minimum absolute atomic E-state index is 0.0268. The molecule has 1 aromatic heterocycles. The van der Waals surface area contributed by atoms with Gasteiger partial charge in [-0.1, -0.05) is 149 Å². The van der Waals surface area contributed by atoms with E-state index in [0.717, 1.165) is 12.8 Å². The first-order chi connectivity index (χ1) is 32.5. The minimum Gasteiger partial charge on any atom is -0.355 e. The molecule has 4 heteroatoms. The first-order valence-electron chi connectivity index (χ1n) is 26.0. The Morgan fingerprint density at radius 2 is 1.04 bits per heavy atom. The fourth-order valence-electron chi connectivity index (χ4n) is 13.4. The summed E-state index contributed by atoms with van der Waals surface area (Å²) < 4.78 is 2.66. The molecule has 3 aliphatic carbocycles. The van der Waals surface area contributed by atoms with E-state index < -0.39 is 0 Å². The van der Waals surface area contributed by atoms with E-state index in [1.54, 1.807) is 0 Å². The van der Waals surface area contributed by atoms with Crippen LogP contribution in [0.25, 0.3) is 42.1 Å². The van der Waals surface area contributed by atoms with E-state index in [9.17, 15) is 0 Å². The third-order valence-corrected chi connectivity index (χ3v) is 19.3. The molecule has 0 atom stereocenters. The van der Waals surface area contributed by atoms with Gasteiger partial charge in [0.15, 0.2) is 7.28 Å². The Balaban J connectivity index is 1.18. The standard InChI is InChI=1S/C65H70BN2S/c1-38-32-45-49(65(12,13)31-28-61(45,4)5)37-52(38)68-53-33-39-18-14-15-19-41(39)56(58(53)66-50-24-25-55-57(59(50)68)42-20-16-17-21-54(42)69-55)43-35-47-48(64(10,11)30-29-63(47,8)9)36-51(43)67-40-22-23-44-46(34-40)62(6,7)27-26-60(44,2)3/h14-25,32-37,67H,26-31H2,1-13H3. The average Bonchev–Trinajstić information content (AvgIpc) is 3.69. The van der Waals surface area contributed by atoms with E-state index in [1.807, 2.05) is 11.3 Å². The quantitative estimate of drug-likeness (QED) is 0.177. The van der Waals surface area contributed by atoms with Crippen molar-refractivity contribution in [2.45, 2.75) is 161 Å². The van der Waals surface area contributed by atoms with Crippen LogP contribution in [-0.4, -0.2) is 7.28 Å². The van der Waals surface area contributed by atoms with Crippen LogP contribution in [0.1, 0.15) is 161 Å². The van der Waals surface area contributed by atoms with E-state index >= 15 is 0 Å². The third-order valence-electron chi connectivity index (χ3n) is 18.2. The Morgan fingerprint density at radius 3 is 1.71 bits per heavy atom.